The highest BCUT2D eigenvalue weighted by Crippen LogP contribution is 2.42. The van der Waals surface area contributed by atoms with E-state index in [1.54, 1.807) is 0 Å². The lowest BCUT2D eigenvalue weighted by Crippen LogP contribution is -2.27. The molecule has 0 saturated heterocycles. The van der Waals surface area contributed by atoms with E-state index in [1.165, 1.54) is 53.5 Å². The van der Waals surface area contributed by atoms with Crippen molar-refractivity contribution in [2.45, 2.75) is 145 Å². The van der Waals surface area contributed by atoms with Crippen LogP contribution in [0.1, 0.15) is 149 Å². The molecule has 2 heteroatoms. The molecule has 0 N–H and O–H groups in total. The molecule has 3 rings (SSSR count). The van der Waals surface area contributed by atoms with Gasteiger partial charge in [0.25, 0.3) is 0 Å². The fourth-order valence-corrected chi connectivity index (χ4v) is 7.03. The van der Waals surface area contributed by atoms with Crippen molar-refractivity contribution in [2.75, 3.05) is 13.2 Å². The smallest absolute Gasteiger partial charge is 0.126 e. The van der Waals surface area contributed by atoms with Crippen LogP contribution in [0, 0.1) is 16.7 Å². The molecule has 1 saturated carbocycles. The second kappa shape index (κ2) is 15.5. The lowest BCUT2D eigenvalue weighted by molar-refractivity contribution is 0.121. The molecule has 1 aliphatic rings. The Kier molecular flexibility index (Phi) is 12.7. The Morgan fingerprint density at radius 1 is 0.634 bits per heavy atom. The molecule has 2 nitrogen and oxygen atoms in total. The summed E-state index contributed by atoms with van der Waals surface area (Å²) in [5.74, 6) is 3.56. The van der Waals surface area contributed by atoms with Crippen molar-refractivity contribution in [3.05, 3.63) is 47.0 Å². The maximum atomic E-state index is 6.80. The van der Waals surface area contributed by atoms with Gasteiger partial charge in [0.1, 0.15) is 11.5 Å². The van der Waals surface area contributed by atoms with Gasteiger partial charge >= 0.3 is 0 Å². The van der Waals surface area contributed by atoms with Crippen LogP contribution < -0.4 is 9.47 Å². The molecule has 0 heterocycles. The van der Waals surface area contributed by atoms with Crippen molar-refractivity contribution >= 4 is 0 Å². The second-order valence-electron chi connectivity index (χ2n) is 13.2. The van der Waals surface area contributed by atoms with Crippen molar-refractivity contribution in [2.24, 2.45) is 16.7 Å². The van der Waals surface area contributed by atoms with E-state index >= 15 is 0 Å². The van der Waals surface area contributed by atoms with Gasteiger partial charge in [0.05, 0.1) is 13.2 Å². The van der Waals surface area contributed by atoms with Crippen molar-refractivity contribution in [3.8, 4) is 22.6 Å². The fraction of sp³-hybridized carbons (Fsp3) is 0.692. The summed E-state index contributed by atoms with van der Waals surface area (Å²) < 4.78 is 13.5. The zero-order valence-corrected chi connectivity index (χ0v) is 28.3. The normalized spacial score (nSPS) is 18.0. The van der Waals surface area contributed by atoms with Gasteiger partial charge in [0, 0.05) is 22.5 Å². The Hall–Kier alpha value is -1.96. The first-order valence-electron chi connectivity index (χ1n) is 17.3. The Bertz CT molecular complexity index is 1050. The Morgan fingerprint density at radius 2 is 1.20 bits per heavy atom. The SMILES string of the molecule is CCc1cc(C2CCC(C)CC2)ccc1-c1cc(OCC(CC)(CC)CC)cc(OCC(CC)(CC)CC)c1CC. The van der Waals surface area contributed by atoms with E-state index in [1.807, 2.05) is 0 Å². The summed E-state index contributed by atoms with van der Waals surface area (Å²) in [6.45, 7) is 22.4. The summed E-state index contributed by atoms with van der Waals surface area (Å²) in [6.07, 6.45) is 14.2. The molecule has 0 aromatic heterocycles. The molecule has 41 heavy (non-hydrogen) atoms. The Balaban J connectivity index is 2.08. The van der Waals surface area contributed by atoms with Crippen LogP contribution in [0.25, 0.3) is 11.1 Å². The van der Waals surface area contributed by atoms with E-state index in [-0.39, 0.29) is 10.8 Å². The third-order valence-corrected chi connectivity index (χ3v) is 11.4. The largest absolute Gasteiger partial charge is 0.493 e. The maximum absolute atomic E-state index is 6.80. The standard InChI is InChI=1S/C39H62O2/c1-10-30-24-32(31-20-18-29(9)19-21-31)22-23-35(30)36-25-33(40-27-38(12-3,13-4)14-5)26-37(34(36)11-2)41-28-39(15-6,16-7)17-8/h22-26,29,31H,10-21,27-28H2,1-9H3. The highest BCUT2D eigenvalue weighted by atomic mass is 16.5. The lowest BCUT2D eigenvalue weighted by Gasteiger charge is -2.32. The molecule has 0 amide bonds. The van der Waals surface area contributed by atoms with Gasteiger partial charge in [-0.3, -0.25) is 0 Å². The van der Waals surface area contributed by atoms with Crippen LogP contribution >= 0.6 is 0 Å². The number of rotatable bonds is 16. The van der Waals surface area contributed by atoms with E-state index in [0.717, 1.165) is 82.0 Å². The van der Waals surface area contributed by atoms with Crippen LogP contribution in [0.5, 0.6) is 11.5 Å². The van der Waals surface area contributed by atoms with Crippen LogP contribution in [0.2, 0.25) is 0 Å². The van der Waals surface area contributed by atoms with Gasteiger partial charge in [-0.25, -0.2) is 0 Å². The number of hydrogen-bond donors (Lipinski definition) is 0. The summed E-state index contributed by atoms with van der Waals surface area (Å²) in [7, 11) is 0. The molecule has 2 aromatic rings. The molecule has 1 aliphatic carbocycles. The van der Waals surface area contributed by atoms with Crippen LogP contribution in [-0.4, -0.2) is 13.2 Å². The topological polar surface area (TPSA) is 18.5 Å². The number of aryl methyl sites for hydroxylation is 1. The zero-order valence-electron chi connectivity index (χ0n) is 28.3. The predicted octanol–water partition coefficient (Wildman–Crippen LogP) is 12.0. The van der Waals surface area contributed by atoms with E-state index in [4.69, 9.17) is 9.47 Å². The molecular formula is C39H62O2. The van der Waals surface area contributed by atoms with Gasteiger partial charge < -0.3 is 9.47 Å². The van der Waals surface area contributed by atoms with Gasteiger partial charge in [-0.2, -0.15) is 0 Å². The van der Waals surface area contributed by atoms with Gasteiger partial charge in [0.15, 0.2) is 0 Å². The molecule has 230 valence electrons. The first-order valence-corrected chi connectivity index (χ1v) is 17.3. The van der Waals surface area contributed by atoms with E-state index in [9.17, 15) is 0 Å². The minimum atomic E-state index is 0.220. The highest BCUT2D eigenvalue weighted by Gasteiger charge is 2.28. The van der Waals surface area contributed by atoms with E-state index in [2.05, 4.69) is 92.6 Å². The summed E-state index contributed by atoms with van der Waals surface area (Å²) in [5, 5.41) is 0. The van der Waals surface area contributed by atoms with Crippen molar-refractivity contribution in [3.63, 3.8) is 0 Å². The fourth-order valence-electron chi connectivity index (χ4n) is 7.03. The highest BCUT2D eigenvalue weighted by molar-refractivity contribution is 5.75. The average Bonchev–Trinajstić information content (AvgIpc) is 3.02. The van der Waals surface area contributed by atoms with Crippen molar-refractivity contribution < 1.29 is 9.47 Å². The summed E-state index contributed by atoms with van der Waals surface area (Å²) in [5.41, 5.74) is 7.40. The molecule has 0 unspecified atom stereocenters. The molecule has 2 aromatic carbocycles. The van der Waals surface area contributed by atoms with Crippen LogP contribution in [0.3, 0.4) is 0 Å². The van der Waals surface area contributed by atoms with Crippen molar-refractivity contribution in [1.29, 1.82) is 0 Å². The summed E-state index contributed by atoms with van der Waals surface area (Å²) in [4.78, 5) is 0. The van der Waals surface area contributed by atoms with Crippen LogP contribution in [0.15, 0.2) is 30.3 Å². The first-order chi connectivity index (χ1) is 19.8. The predicted molar refractivity (Wildman–Crippen MR) is 179 cm³/mol. The van der Waals surface area contributed by atoms with Crippen molar-refractivity contribution in [1.82, 2.24) is 0 Å². The molecule has 0 aliphatic heterocycles. The number of ether oxygens (including phenoxy) is 2. The molecule has 0 spiro atoms. The molecule has 0 atom stereocenters. The minimum absolute atomic E-state index is 0.220. The first kappa shape index (κ1) is 33.5. The average molecular weight is 563 g/mol. The molecule has 0 radical (unpaired) electrons. The van der Waals surface area contributed by atoms with Gasteiger partial charge in [-0.15, -0.1) is 0 Å². The zero-order chi connectivity index (χ0) is 30.0. The van der Waals surface area contributed by atoms with Crippen LogP contribution in [0.4, 0.5) is 0 Å². The monoisotopic (exact) mass is 562 g/mol. The molecule has 1 fully saturated rings. The Labute approximate surface area is 254 Å². The number of hydrogen-bond acceptors (Lipinski definition) is 2. The molecular weight excluding hydrogens is 500 g/mol. The maximum Gasteiger partial charge on any atom is 0.126 e. The van der Waals surface area contributed by atoms with Crippen LogP contribution in [-0.2, 0) is 12.8 Å². The summed E-state index contributed by atoms with van der Waals surface area (Å²) >= 11 is 0. The van der Waals surface area contributed by atoms with Gasteiger partial charge in [0.2, 0.25) is 0 Å². The molecule has 0 bridgehead atoms. The van der Waals surface area contributed by atoms with E-state index in [0.29, 0.717) is 5.92 Å². The Morgan fingerprint density at radius 3 is 1.71 bits per heavy atom. The summed E-state index contributed by atoms with van der Waals surface area (Å²) in [6, 6.07) is 11.9. The minimum Gasteiger partial charge on any atom is -0.493 e. The number of benzene rings is 2. The third-order valence-electron chi connectivity index (χ3n) is 11.4. The van der Waals surface area contributed by atoms with E-state index < -0.39 is 0 Å². The second-order valence-corrected chi connectivity index (χ2v) is 13.2. The van der Waals surface area contributed by atoms with Gasteiger partial charge in [-0.1, -0.05) is 93.4 Å². The quantitative estimate of drug-likeness (QED) is 0.202. The third kappa shape index (κ3) is 7.91. The lowest BCUT2D eigenvalue weighted by atomic mass is 9.78. The van der Waals surface area contributed by atoms with Gasteiger partial charge in [-0.05, 0) is 104 Å².